The van der Waals surface area contributed by atoms with Crippen molar-refractivity contribution in [3.05, 3.63) is 29.8 Å². The molecule has 2 unspecified atom stereocenters. The predicted octanol–water partition coefficient (Wildman–Crippen LogP) is 2.44. The lowest BCUT2D eigenvalue weighted by atomic mass is 10.1. The molecule has 0 aromatic heterocycles. The number of hydrogen-bond donors (Lipinski definition) is 2. The molecule has 1 aromatic carbocycles. The summed E-state index contributed by atoms with van der Waals surface area (Å²) in [6, 6.07) is 7.90. The molecule has 0 spiro atoms. The highest BCUT2D eigenvalue weighted by Crippen LogP contribution is 2.31. The van der Waals surface area contributed by atoms with Crippen molar-refractivity contribution >= 4 is 17.4 Å². The average Bonchev–Trinajstić information content (AvgIpc) is 2.17. The van der Waals surface area contributed by atoms with Crippen LogP contribution in [0.15, 0.2) is 24.3 Å². The van der Waals surface area contributed by atoms with Gasteiger partial charge in [0, 0.05) is 16.2 Å². The topological polar surface area (TPSA) is 46.2 Å². The van der Waals surface area contributed by atoms with Crippen molar-refractivity contribution in [2.75, 3.05) is 12.3 Å². The molecule has 1 aromatic rings. The molecule has 3 N–H and O–H groups in total. The minimum absolute atomic E-state index is 0.220. The van der Waals surface area contributed by atoms with Crippen molar-refractivity contribution < 1.29 is 5.11 Å². The summed E-state index contributed by atoms with van der Waals surface area (Å²) in [5, 5.41) is 9.59. The second-order valence-corrected chi connectivity index (χ2v) is 5.23. The number of aliphatic hydroxyl groups is 1. The lowest BCUT2D eigenvalue weighted by Crippen LogP contribution is -2.04. The molecular weight excluding hydrogens is 194 g/mol. The second-order valence-electron chi connectivity index (χ2n) is 3.44. The smallest absolute Gasteiger partial charge is 0.0547 e. The first-order valence-corrected chi connectivity index (χ1v) is 5.69. The highest BCUT2D eigenvalue weighted by atomic mass is 32.2. The van der Waals surface area contributed by atoms with Crippen molar-refractivity contribution in [2.24, 2.45) is 0 Å². The van der Waals surface area contributed by atoms with E-state index in [9.17, 15) is 0 Å². The van der Waals surface area contributed by atoms with E-state index in [2.05, 4.69) is 13.0 Å². The van der Waals surface area contributed by atoms with Gasteiger partial charge >= 0.3 is 0 Å². The molecule has 1 rings (SSSR count). The monoisotopic (exact) mass is 211 g/mol. The number of benzene rings is 1. The van der Waals surface area contributed by atoms with Gasteiger partial charge in [0.1, 0.15) is 0 Å². The van der Waals surface area contributed by atoms with Gasteiger partial charge in [-0.3, -0.25) is 0 Å². The van der Waals surface area contributed by atoms with Gasteiger partial charge in [0.2, 0.25) is 0 Å². The standard InChI is InChI=1S/C11H17NOS/c1-8(7-13)14-9(2)10-4-3-5-11(12)6-10/h3-6,8-9,13H,7,12H2,1-2H3. The third-order valence-electron chi connectivity index (χ3n) is 2.07. The van der Waals surface area contributed by atoms with Crippen molar-refractivity contribution in [3.63, 3.8) is 0 Å². The Morgan fingerprint density at radius 1 is 1.43 bits per heavy atom. The SMILES string of the molecule is CC(CO)SC(C)c1cccc(N)c1. The van der Waals surface area contributed by atoms with Crippen LogP contribution in [0.2, 0.25) is 0 Å². The van der Waals surface area contributed by atoms with Crippen LogP contribution in [0.1, 0.15) is 24.7 Å². The van der Waals surface area contributed by atoms with E-state index in [0.717, 1.165) is 5.69 Å². The Morgan fingerprint density at radius 3 is 2.71 bits per heavy atom. The number of nitrogens with two attached hydrogens (primary N) is 1. The molecule has 0 aliphatic heterocycles. The fraction of sp³-hybridized carbons (Fsp3) is 0.455. The summed E-state index contributed by atoms with van der Waals surface area (Å²) >= 11 is 1.76. The second kappa shape index (κ2) is 5.27. The molecule has 2 atom stereocenters. The van der Waals surface area contributed by atoms with Gasteiger partial charge in [-0.05, 0) is 24.6 Å². The fourth-order valence-electron chi connectivity index (χ4n) is 1.28. The van der Waals surface area contributed by atoms with Gasteiger partial charge in [0.25, 0.3) is 0 Å². The molecule has 0 bridgehead atoms. The zero-order valence-electron chi connectivity index (χ0n) is 8.60. The van der Waals surface area contributed by atoms with Gasteiger partial charge in [-0.2, -0.15) is 0 Å². The van der Waals surface area contributed by atoms with E-state index in [1.807, 2.05) is 25.1 Å². The summed E-state index contributed by atoms with van der Waals surface area (Å²) in [5.41, 5.74) is 7.72. The van der Waals surface area contributed by atoms with Crippen molar-refractivity contribution in [2.45, 2.75) is 24.3 Å². The van der Waals surface area contributed by atoms with Crippen LogP contribution in [0.5, 0.6) is 0 Å². The van der Waals surface area contributed by atoms with Crippen LogP contribution in [0, 0.1) is 0 Å². The third-order valence-corrected chi connectivity index (χ3v) is 3.37. The maximum atomic E-state index is 8.94. The number of rotatable bonds is 4. The minimum atomic E-state index is 0.220. The van der Waals surface area contributed by atoms with Crippen LogP contribution < -0.4 is 5.73 Å². The van der Waals surface area contributed by atoms with Crippen LogP contribution in [-0.2, 0) is 0 Å². The molecule has 0 aliphatic rings. The van der Waals surface area contributed by atoms with E-state index in [1.54, 1.807) is 11.8 Å². The summed E-state index contributed by atoms with van der Waals surface area (Å²) in [7, 11) is 0. The third kappa shape index (κ3) is 3.24. The Labute approximate surface area is 89.5 Å². The first kappa shape index (κ1) is 11.4. The maximum absolute atomic E-state index is 8.94. The van der Waals surface area contributed by atoms with Crippen molar-refractivity contribution in [1.82, 2.24) is 0 Å². The lowest BCUT2D eigenvalue weighted by molar-refractivity contribution is 0.300. The van der Waals surface area contributed by atoms with Crippen LogP contribution in [0.3, 0.4) is 0 Å². The lowest BCUT2D eigenvalue weighted by Gasteiger charge is -2.15. The summed E-state index contributed by atoms with van der Waals surface area (Å²) in [5.74, 6) is 0. The Balaban J connectivity index is 2.64. The van der Waals surface area contributed by atoms with Gasteiger partial charge in [0.05, 0.1) is 6.61 Å². The molecule has 0 amide bonds. The number of thioether (sulfide) groups is 1. The van der Waals surface area contributed by atoms with Gasteiger partial charge in [-0.25, -0.2) is 0 Å². The van der Waals surface area contributed by atoms with Gasteiger partial charge in [-0.1, -0.05) is 19.1 Å². The molecule has 0 saturated heterocycles. The predicted molar refractivity (Wildman–Crippen MR) is 63.4 cm³/mol. The van der Waals surface area contributed by atoms with Crippen LogP contribution >= 0.6 is 11.8 Å². The van der Waals surface area contributed by atoms with E-state index in [0.29, 0.717) is 5.25 Å². The molecule has 2 nitrogen and oxygen atoms in total. The number of anilines is 1. The summed E-state index contributed by atoms with van der Waals surface area (Å²) in [6.07, 6.45) is 0. The van der Waals surface area contributed by atoms with Crippen molar-refractivity contribution in [3.8, 4) is 0 Å². The fourth-order valence-corrected chi connectivity index (χ4v) is 2.37. The Kier molecular flexibility index (Phi) is 4.29. The Morgan fingerprint density at radius 2 is 2.14 bits per heavy atom. The molecule has 0 radical (unpaired) electrons. The molecule has 0 heterocycles. The quantitative estimate of drug-likeness (QED) is 0.752. The van der Waals surface area contributed by atoms with E-state index in [4.69, 9.17) is 10.8 Å². The molecule has 0 fully saturated rings. The van der Waals surface area contributed by atoms with Gasteiger partial charge in [-0.15, -0.1) is 11.8 Å². The zero-order chi connectivity index (χ0) is 10.6. The van der Waals surface area contributed by atoms with E-state index in [1.165, 1.54) is 5.56 Å². The van der Waals surface area contributed by atoms with Gasteiger partial charge in [0.15, 0.2) is 0 Å². The number of hydrogen-bond acceptors (Lipinski definition) is 3. The Hall–Kier alpha value is -0.670. The normalized spacial score (nSPS) is 15.1. The van der Waals surface area contributed by atoms with Crippen molar-refractivity contribution in [1.29, 1.82) is 0 Å². The maximum Gasteiger partial charge on any atom is 0.0547 e. The van der Waals surface area contributed by atoms with E-state index in [-0.39, 0.29) is 11.9 Å². The highest BCUT2D eigenvalue weighted by molar-refractivity contribution is 8.00. The number of nitrogen functional groups attached to an aromatic ring is 1. The summed E-state index contributed by atoms with van der Waals surface area (Å²) < 4.78 is 0. The molecular formula is C11H17NOS. The summed E-state index contributed by atoms with van der Waals surface area (Å²) in [4.78, 5) is 0. The molecule has 78 valence electrons. The summed E-state index contributed by atoms with van der Waals surface area (Å²) in [6.45, 7) is 4.37. The number of aliphatic hydroxyl groups excluding tert-OH is 1. The van der Waals surface area contributed by atoms with Gasteiger partial charge < -0.3 is 10.8 Å². The largest absolute Gasteiger partial charge is 0.399 e. The molecule has 0 aliphatic carbocycles. The van der Waals surface area contributed by atoms with Crippen LogP contribution in [-0.4, -0.2) is 17.0 Å². The highest BCUT2D eigenvalue weighted by Gasteiger charge is 2.10. The first-order valence-electron chi connectivity index (χ1n) is 4.75. The van der Waals surface area contributed by atoms with Crippen LogP contribution in [0.4, 0.5) is 5.69 Å². The van der Waals surface area contributed by atoms with Crippen LogP contribution in [0.25, 0.3) is 0 Å². The molecule has 3 heteroatoms. The minimum Gasteiger partial charge on any atom is -0.399 e. The zero-order valence-corrected chi connectivity index (χ0v) is 9.42. The molecule has 14 heavy (non-hydrogen) atoms. The molecule has 0 saturated carbocycles. The average molecular weight is 211 g/mol. The first-order chi connectivity index (χ1) is 6.63. The Bertz CT molecular complexity index is 290. The van der Waals surface area contributed by atoms with E-state index < -0.39 is 0 Å². The van der Waals surface area contributed by atoms with E-state index >= 15 is 0 Å².